The molecule has 3 rings (SSSR count). The minimum Gasteiger partial charge on any atom is -0.388 e. The van der Waals surface area contributed by atoms with E-state index in [1.807, 2.05) is 30.3 Å². The minimum atomic E-state index is -0.831. The van der Waals surface area contributed by atoms with Crippen LogP contribution in [-0.2, 0) is 18.9 Å². The number of aliphatic hydroxyl groups excluding tert-OH is 1. The van der Waals surface area contributed by atoms with Crippen molar-refractivity contribution in [2.45, 2.75) is 43.4 Å². The summed E-state index contributed by atoms with van der Waals surface area (Å²) < 4.78 is 22.9. The number of nitrogens with one attached hydrogen (secondary N) is 1. The second kappa shape index (κ2) is 8.03. The van der Waals surface area contributed by atoms with Crippen molar-refractivity contribution in [3.63, 3.8) is 0 Å². The van der Waals surface area contributed by atoms with Gasteiger partial charge in [-0.05, 0) is 0 Å². The normalized spacial score (nSPS) is 35.9. The van der Waals surface area contributed by atoms with Gasteiger partial charge in [-0.3, -0.25) is 0 Å². The molecule has 0 bridgehead atoms. The number of benzene rings is 1. The van der Waals surface area contributed by atoms with Crippen LogP contribution in [0.3, 0.4) is 0 Å². The molecule has 2 saturated heterocycles. The van der Waals surface area contributed by atoms with Crippen molar-refractivity contribution in [2.24, 2.45) is 0 Å². The fourth-order valence-electron chi connectivity index (χ4n) is 3.08. The van der Waals surface area contributed by atoms with Crippen LogP contribution in [-0.4, -0.2) is 56.0 Å². The van der Waals surface area contributed by atoms with Crippen molar-refractivity contribution in [2.75, 3.05) is 20.3 Å². The lowest BCUT2D eigenvalue weighted by atomic mass is 9.95. The van der Waals surface area contributed by atoms with E-state index < -0.39 is 36.9 Å². The van der Waals surface area contributed by atoms with E-state index in [0.29, 0.717) is 19.6 Å². The second-order valence-electron chi connectivity index (χ2n) is 5.83. The van der Waals surface area contributed by atoms with E-state index in [1.165, 1.54) is 7.11 Å². The number of hydrogen-bond donors (Lipinski definition) is 2. The first kappa shape index (κ1) is 17.3. The maximum atomic E-state index is 10.7. The maximum Gasteiger partial charge on any atom is 0.184 e. The topological polar surface area (TPSA) is 93.0 Å². The van der Waals surface area contributed by atoms with Gasteiger partial charge in [0.25, 0.3) is 0 Å². The van der Waals surface area contributed by atoms with Gasteiger partial charge in [0.05, 0.1) is 18.7 Å². The SMILES string of the molecule is CO[C@H]1O[C@@H]2COC(c3ccccc3)O[C@H]2[C@H](O)[C@H]1NCCC#N. The first-order valence-corrected chi connectivity index (χ1v) is 8.03. The van der Waals surface area contributed by atoms with Crippen LogP contribution < -0.4 is 5.32 Å². The highest BCUT2D eigenvalue weighted by molar-refractivity contribution is 5.16. The quantitative estimate of drug-likeness (QED) is 0.766. The molecule has 6 atom stereocenters. The van der Waals surface area contributed by atoms with Crippen molar-refractivity contribution < 1.29 is 24.1 Å². The van der Waals surface area contributed by atoms with Gasteiger partial charge in [-0.2, -0.15) is 5.26 Å². The molecule has 1 aromatic rings. The number of nitrogens with zero attached hydrogens (tertiary/aromatic N) is 1. The van der Waals surface area contributed by atoms with Gasteiger partial charge in [-0.25, -0.2) is 0 Å². The Morgan fingerprint density at radius 3 is 2.83 bits per heavy atom. The third-order valence-corrected chi connectivity index (χ3v) is 4.29. The van der Waals surface area contributed by atoms with Gasteiger partial charge in [0.2, 0.25) is 0 Å². The third-order valence-electron chi connectivity index (χ3n) is 4.29. The Morgan fingerprint density at radius 1 is 1.33 bits per heavy atom. The van der Waals surface area contributed by atoms with Crippen LogP contribution in [0.2, 0.25) is 0 Å². The molecule has 7 nitrogen and oxygen atoms in total. The van der Waals surface area contributed by atoms with Gasteiger partial charge in [-0.15, -0.1) is 0 Å². The predicted octanol–water partition coefficient (Wildman–Crippen LogP) is 0.705. The van der Waals surface area contributed by atoms with Crippen LogP contribution in [0.25, 0.3) is 0 Å². The van der Waals surface area contributed by atoms with Crippen molar-refractivity contribution in [3.8, 4) is 6.07 Å². The van der Waals surface area contributed by atoms with Crippen molar-refractivity contribution >= 4 is 0 Å². The molecule has 2 heterocycles. The third kappa shape index (κ3) is 3.59. The van der Waals surface area contributed by atoms with E-state index >= 15 is 0 Å². The number of ether oxygens (including phenoxy) is 4. The standard InChI is InChI=1S/C17H22N2O5/c1-21-17-13(19-9-5-8-18)14(20)15-12(23-17)10-22-16(24-15)11-6-3-2-4-7-11/h2-4,6-7,12-17,19-20H,5,9-10H2,1H3/t12-,13-,14-,15-,16?,17+/m1/s1. The average molecular weight is 334 g/mol. The predicted molar refractivity (Wildman–Crippen MR) is 83.7 cm³/mol. The fraction of sp³-hybridized carbons (Fsp3) is 0.588. The maximum absolute atomic E-state index is 10.7. The lowest BCUT2D eigenvalue weighted by Gasteiger charge is -2.47. The molecule has 0 spiro atoms. The monoisotopic (exact) mass is 334 g/mol. The molecule has 130 valence electrons. The lowest BCUT2D eigenvalue weighted by Crippen LogP contribution is -2.66. The van der Waals surface area contributed by atoms with Crippen LogP contribution >= 0.6 is 0 Å². The van der Waals surface area contributed by atoms with Gasteiger partial charge in [0.15, 0.2) is 12.6 Å². The van der Waals surface area contributed by atoms with Gasteiger partial charge in [-0.1, -0.05) is 30.3 Å². The van der Waals surface area contributed by atoms with Gasteiger partial charge in [0.1, 0.15) is 18.3 Å². The van der Waals surface area contributed by atoms with Gasteiger partial charge < -0.3 is 29.4 Å². The fourth-order valence-corrected chi connectivity index (χ4v) is 3.08. The van der Waals surface area contributed by atoms with E-state index in [1.54, 1.807) is 0 Å². The summed E-state index contributed by atoms with van der Waals surface area (Å²) in [6.07, 6.45) is -2.59. The molecule has 1 unspecified atom stereocenters. The minimum absolute atomic E-state index is 0.312. The van der Waals surface area contributed by atoms with Crippen LogP contribution in [0, 0.1) is 11.3 Å². The molecule has 2 aliphatic heterocycles. The molecule has 0 saturated carbocycles. The highest BCUT2D eigenvalue weighted by atomic mass is 16.7. The number of nitriles is 1. The van der Waals surface area contributed by atoms with Gasteiger partial charge in [0, 0.05) is 25.6 Å². The zero-order valence-corrected chi connectivity index (χ0v) is 13.5. The van der Waals surface area contributed by atoms with Crippen LogP contribution in [0.1, 0.15) is 18.3 Å². The number of aliphatic hydroxyl groups is 1. The Morgan fingerprint density at radius 2 is 2.12 bits per heavy atom. The van der Waals surface area contributed by atoms with E-state index in [2.05, 4.69) is 11.4 Å². The molecule has 0 aromatic heterocycles. The van der Waals surface area contributed by atoms with Crippen LogP contribution in [0.5, 0.6) is 0 Å². The summed E-state index contributed by atoms with van der Waals surface area (Å²) in [6.45, 7) is 0.753. The molecule has 0 aliphatic carbocycles. The molecule has 24 heavy (non-hydrogen) atoms. The zero-order valence-electron chi connectivity index (χ0n) is 13.5. The second-order valence-corrected chi connectivity index (χ2v) is 5.83. The van der Waals surface area contributed by atoms with Crippen molar-refractivity contribution in [1.82, 2.24) is 5.32 Å². The largest absolute Gasteiger partial charge is 0.388 e. The zero-order chi connectivity index (χ0) is 16.9. The summed E-state index contributed by atoms with van der Waals surface area (Å²) in [5.74, 6) is 0. The summed E-state index contributed by atoms with van der Waals surface area (Å²) in [7, 11) is 1.52. The molecular weight excluding hydrogens is 312 g/mol. The van der Waals surface area contributed by atoms with Crippen LogP contribution in [0.15, 0.2) is 30.3 Å². The highest BCUT2D eigenvalue weighted by Crippen LogP contribution is 2.34. The smallest absolute Gasteiger partial charge is 0.184 e. The number of rotatable bonds is 5. The average Bonchev–Trinajstić information content (AvgIpc) is 2.64. The van der Waals surface area contributed by atoms with Crippen LogP contribution in [0.4, 0.5) is 0 Å². The summed E-state index contributed by atoms with van der Waals surface area (Å²) in [5.41, 5.74) is 0.894. The number of methoxy groups -OCH3 is 1. The highest BCUT2D eigenvalue weighted by Gasteiger charge is 2.49. The van der Waals surface area contributed by atoms with Crippen molar-refractivity contribution in [3.05, 3.63) is 35.9 Å². The van der Waals surface area contributed by atoms with E-state index in [9.17, 15) is 5.11 Å². The Kier molecular flexibility index (Phi) is 5.79. The van der Waals surface area contributed by atoms with E-state index in [-0.39, 0.29) is 0 Å². The Hall–Kier alpha value is -1.53. The Labute approximate surface area is 141 Å². The molecule has 7 heteroatoms. The molecular formula is C17H22N2O5. The first-order valence-electron chi connectivity index (χ1n) is 8.03. The Balaban J connectivity index is 1.70. The molecule has 0 radical (unpaired) electrons. The number of fused-ring (bicyclic) bond motifs is 1. The van der Waals surface area contributed by atoms with E-state index in [4.69, 9.17) is 24.2 Å². The number of hydrogen-bond acceptors (Lipinski definition) is 7. The van der Waals surface area contributed by atoms with E-state index in [0.717, 1.165) is 5.56 Å². The Bertz CT molecular complexity index is 564. The molecule has 0 amide bonds. The summed E-state index contributed by atoms with van der Waals surface area (Å²) in [5, 5.41) is 22.5. The molecule has 1 aromatic carbocycles. The molecule has 2 aliphatic rings. The molecule has 2 N–H and O–H groups in total. The summed E-state index contributed by atoms with van der Waals surface area (Å²) >= 11 is 0. The van der Waals surface area contributed by atoms with Crippen molar-refractivity contribution in [1.29, 1.82) is 5.26 Å². The van der Waals surface area contributed by atoms with Gasteiger partial charge >= 0.3 is 0 Å². The summed E-state index contributed by atoms with van der Waals surface area (Å²) in [4.78, 5) is 0. The lowest BCUT2D eigenvalue weighted by molar-refractivity contribution is -0.341. The summed E-state index contributed by atoms with van der Waals surface area (Å²) in [6, 6.07) is 11.2. The first-order chi connectivity index (χ1) is 11.7. The molecule has 2 fully saturated rings.